The molecule has 1 aromatic carbocycles. The Hall–Kier alpha value is -0.780. The van der Waals surface area contributed by atoms with Gasteiger partial charge >= 0.3 is 0 Å². The Bertz CT molecular complexity index is 483. The fourth-order valence-electron chi connectivity index (χ4n) is 5.70. The number of hydrogen-bond donors (Lipinski definition) is 0. The standard InChI is InChI=1S/C26H42/c1-3-5-6-22-13-17-25(18-14-22)26-19-15-24(16-20-26)12-11-23-9-7-21(4-2)8-10-23/h7-10,22,24-26H,3-6,11-20H2,1-2H3/t22-,24-,25-,26-. The summed E-state index contributed by atoms with van der Waals surface area (Å²) in [5.74, 6) is 4.22. The molecule has 0 unspecified atom stereocenters. The first-order valence-corrected chi connectivity index (χ1v) is 11.9. The highest BCUT2D eigenvalue weighted by atomic mass is 14.4. The van der Waals surface area contributed by atoms with Crippen molar-refractivity contribution in [3.63, 3.8) is 0 Å². The van der Waals surface area contributed by atoms with E-state index in [1.165, 1.54) is 63.4 Å². The van der Waals surface area contributed by atoms with Gasteiger partial charge in [-0.3, -0.25) is 0 Å². The highest BCUT2D eigenvalue weighted by Gasteiger charge is 2.30. The molecule has 0 radical (unpaired) electrons. The largest absolute Gasteiger partial charge is 0.0654 e. The molecule has 0 aromatic heterocycles. The van der Waals surface area contributed by atoms with Gasteiger partial charge in [0.15, 0.2) is 0 Å². The van der Waals surface area contributed by atoms with Gasteiger partial charge in [-0.25, -0.2) is 0 Å². The maximum Gasteiger partial charge on any atom is -0.0276 e. The van der Waals surface area contributed by atoms with Crippen LogP contribution in [0, 0.1) is 23.7 Å². The summed E-state index contributed by atoms with van der Waals surface area (Å²) in [7, 11) is 0. The van der Waals surface area contributed by atoms with Crippen molar-refractivity contribution in [3.05, 3.63) is 35.4 Å². The number of aryl methyl sites for hydroxylation is 2. The maximum absolute atomic E-state index is 2.36. The smallest absolute Gasteiger partial charge is 0.0276 e. The molecule has 0 N–H and O–H groups in total. The first-order valence-electron chi connectivity index (χ1n) is 11.9. The predicted octanol–water partition coefficient (Wildman–Crippen LogP) is 7.98. The topological polar surface area (TPSA) is 0 Å². The Morgan fingerprint density at radius 3 is 1.65 bits per heavy atom. The van der Waals surface area contributed by atoms with Crippen molar-refractivity contribution in [2.24, 2.45) is 23.7 Å². The molecule has 1 aromatic rings. The Labute approximate surface area is 163 Å². The van der Waals surface area contributed by atoms with Crippen LogP contribution in [0.25, 0.3) is 0 Å². The SMILES string of the molecule is CCCC[C@H]1CC[C@H]([C@H]2CC[C@H](CCc3ccc(CC)cc3)CC2)CC1. The summed E-state index contributed by atoms with van der Waals surface area (Å²) in [5, 5.41) is 0. The normalized spacial score (nSPS) is 29.6. The third-order valence-corrected chi connectivity index (χ3v) is 7.69. The third kappa shape index (κ3) is 5.86. The number of benzene rings is 1. The van der Waals surface area contributed by atoms with Crippen LogP contribution in [0.2, 0.25) is 0 Å². The lowest BCUT2D eigenvalue weighted by Gasteiger charge is -2.38. The first-order chi connectivity index (χ1) is 12.8. The summed E-state index contributed by atoms with van der Waals surface area (Å²) in [6.07, 6.45) is 20.5. The van der Waals surface area contributed by atoms with Gasteiger partial charge in [0.1, 0.15) is 0 Å². The van der Waals surface area contributed by atoms with Crippen LogP contribution in [0.3, 0.4) is 0 Å². The second kappa shape index (κ2) is 10.5. The number of hydrogen-bond acceptors (Lipinski definition) is 0. The minimum Gasteiger partial charge on any atom is -0.0654 e. The Kier molecular flexibility index (Phi) is 8.08. The van der Waals surface area contributed by atoms with Crippen LogP contribution in [0.5, 0.6) is 0 Å². The van der Waals surface area contributed by atoms with E-state index < -0.39 is 0 Å². The molecule has 0 bridgehead atoms. The highest BCUT2D eigenvalue weighted by Crippen LogP contribution is 2.43. The zero-order chi connectivity index (χ0) is 18.2. The van der Waals surface area contributed by atoms with Gasteiger partial charge in [0.05, 0.1) is 0 Å². The second-order valence-corrected chi connectivity index (χ2v) is 9.41. The molecule has 2 aliphatic rings. The van der Waals surface area contributed by atoms with Crippen molar-refractivity contribution >= 4 is 0 Å². The maximum atomic E-state index is 2.36. The molecule has 0 saturated heterocycles. The van der Waals surface area contributed by atoms with E-state index in [0.717, 1.165) is 30.1 Å². The van der Waals surface area contributed by atoms with Crippen molar-refractivity contribution in [1.29, 1.82) is 0 Å². The van der Waals surface area contributed by atoms with E-state index in [1.807, 2.05) is 0 Å². The molecule has 2 aliphatic carbocycles. The van der Waals surface area contributed by atoms with E-state index >= 15 is 0 Å². The van der Waals surface area contributed by atoms with E-state index in [-0.39, 0.29) is 0 Å². The van der Waals surface area contributed by atoms with Gasteiger partial charge in [0, 0.05) is 0 Å². The lowest BCUT2D eigenvalue weighted by atomic mass is 9.68. The van der Waals surface area contributed by atoms with Crippen LogP contribution in [0.15, 0.2) is 24.3 Å². The van der Waals surface area contributed by atoms with Gasteiger partial charge in [-0.05, 0) is 79.7 Å². The average Bonchev–Trinajstić information content (AvgIpc) is 2.72. The predicted molar refractivity (Wildman–Crippen MR) is 115 cm³/mol. The summed E-state index contributed by atoms with van der Waals surface area (Å²) in [4.78, 5) is 0. The van der Waals surface area contributed by atoms with Gasteiger partial charge < -0.3 is 0 Å². The van der Waals surface area contributed by atoms with E-state index in [2.05, 4.69) is 38.1 Å². The van der Waals surface area contributed by atoms with Crippen LogP contribution in [0.4, 0.5) is 0 Å². The summed E-state index contributed by atoms with van der Waals surface area (Å²) >= 11 is 0. The number of rotatable bonds is 8. The molecule has 2 fully saturated rings. The summed E-state index contributed by atoms with van der Waals surface area (Å²) < 4.78 is 0. The fourth-order valence-corrected chi connectivity index (χ4v) is 5.70. The highest BCUT2D eigenvalue weighted by molar-refractivity contribution is 5.22. The van der Waals surface area contributed by atoms with Crippen LogP contribution in [-0.2, 0) is 12.8 Å². The third-order valence-electron chi connectivity index (χ3n) is 7.69. The van der Waals surface area contributed by atoms with Gasteiger partial charge in [-0.1, -0.05) is 83.1 Å². The van der Waals surface area contributed by atoms with Crippen molar-refractivity contribution in [2.45, 2.75) is 104 Å². The molecule has 0 nitrogen and oxygen atoms in total. The van der Waals surface area contributed by atoms with Crippen molar-refractivity contribution < 1.29 is 0 Å². The van der Waals surface area contributed by atoms with Crippen molar-refractivity contribution in [3.8, 4) is 0 Å². The lowest BCUT2D eigenvalue weighted by molar-refractivity contribution is 0.140. The molecule has 0 aliphatic heterocycles. The Balaban J connectivity index is 1.34. The van der Waals surface area contributed by atoms with Crippen molar-refractivity contribution in [1.82, 2.24) is 0 Å². The van der Waals surface area contributed by atoms with Gasteiger partial charge in [0.2, 0.25) is 0 Å². The van der Waals surface area contributed by atoms with Crippen molar-refractivity contribution in [2.75, 3.05) is 0 Å². The molecule has 0 heteroatoms. The lowest BCUT2D eigenvalue weighted by Crippen LogP contribution is -2.26. The zero-order valence-corrected chi connectivity index (χ0v) is 17.5. The molecule has 2 saturated carbocycles. The molecule has 0 amide bonds. The fraction of sp³-hybridized carbons (Fsp3) is 0.769. The monoisotopic (exact) mass is 354 g/mol. The first kappa shape index (κ1) is 20.0. The van der Waals surface area contributed by atoms with Crippen LogP contribution < -0.4 is 0 Å². The Morgan fingerprint density at radius 1 is 0.654 bits per heavy atom. The second-order valence-electron chi connectivity index (χ2n) is 9.41. The summed E-state index contributed by atoms with van der Waals surface area (Å²) in [5.41, 5.74) is 3.02. The molecule has 0 atom stereocenters. The zero-order valence-electron chi connectivity index (χ0n) is 17.5. The van der Waals surface area contributed by atoms with Crippen LogP contribution >= 0.6 is 0 Å². The minimum atomic E-state index is 0.998. The molecular formula is C26H42. The van der Waals surface area contributed by atoms with Gasteiger partial charge in [-0.15, -0.1) is 0 Å². The summed E-state index contributed by atoms with van der Waals surface area (Å²) in [6.45, 7) is 4.58. The van der Waals surface area contributed by atoms with E-state index in [1.54, 1.807) is 31.2 Å². The van der Waals surface area contributed by atoms with E-state index in [0.29, 0.717) is 0 Å². The van der Waals surface area contributed by atoms with Crippen LogP contribution in [-0.4, -0.2) is 0 Å². The molecule has 3 rings (SSSR count). The van der Waals surface area contributed by atoms with Gasteiger partial charge in [-0.2, -0.15) is 0 Å². The minimum absolute atomic E-state index is 0.998. The molecule has 0 heterocycles. The average molecular weight is 355 g/mol. The van der Waals surface area contributed by atoms with E-state index in [9.17, 15) is 0 Å². The molecular weight excluding hydrogens is 312 g/mol. The summed E-state index contributed by atoms with van der Waals surface area (Å²) in [6, 6.07) is 9.37. The van der Waals surface area contributed by atoms with E-state index in [4.69, 9.17) is 0 Å². The van der Waals surface area contributed by atoms with Crippen LogP contribution in [0.1, 0.15) is 102 Å². The quantitative estimate of drug-likeness (QED) is 0.444. The molecule has 0 spiro atoms. The van der Waals surface area contributed by atoms with Gasteiger partial charge in [0.25, 0.3) is 0 Å². The molecule has 146 valence electrons. The Morgan fingerprint density at radius 2 is 1.15 bits per heavy atom. The molecule has 26 heavy (non-hydrogen) atoms. The number of unbranched alkanes of at least 4 members (excludes halogenated alkanes) is 1.